The van der Waals surface area contributed by atoms with Crippen LogP contribution in [0.25, 0.3) is 11.3 Å². The van der Waals surface area contributed by atoms with Crippen LogP contribution in [-0.4, -0.2) is 21.4 Å². The van der Waals surface area contributed by atoms with Crippen molar-refractivity contribution < 1.29 is 17.9 Å². The molecule has 3 N–H and O–H groups in total. The van der Waals surface area contributed by atoms with Gasteiger partial charge >= 0.3 is 6.18 Å². The number of pyridine rings is 1. The first-order valence-electron chi connectivity index (χ1n) is 10.3. The summed E-state index contributed by atoms with van der Waals surface area (Å²) in [5, 5.41) is 7.67. The van der Waals surface area contributed by atoms with Crippen LogP contribution in [0.1, 0.15) is 40.3 Å². The Morgan fingerprint density at radius 3 is 2.44 bits per heavy atom. The first-order valence-corrected chi connectivity index (χ1v) is 10.3. The van der Waals surface area contributed by atoms with Crippen LogP contribution >= 0.6 is 0 Å². The van der Waals surface area contributed by atoms with Gasteiger partial charge in [0.25, 0.3) is 0 Å². The number of hydrogen-bond acceptors (Lipinski definition) is 5. The van der Waals surface area contributed by atoms with E-state index >= 15 is 0 Å². The number of ether oxygens (including phenoxy) is 1. The zero-order chi connectivity index (χ0) is 23.7. The largest absolute Gasteiger partial charge is 0.491 e. The molecule has 6 nitrogen and oxygen atoms in total. The van der Waals surface area contributed by atoms with E-state index in [0.29, 0.717) is 35.5 Å². The van der Waals surface area contributed by atoms with Gasteiger partial charge in [0, 0.05) is 11.6 Å². The Morgan fingerprint density at radius 1 is 1.09 bits per heavy atom. The van der Waals surface area contributed by atoms with E-state index in [2.05, 4.69) is 10.3 Å². The second kappa shape index (κ2) is 8.72. The predicted molar refractivity (Wildman–Crippen MR) is 120 cm³/mol. The van der Waals surface area contributed by atoms with E-state index in [0.717, 1.165) is 11.6 Å². The normalized spacial score (nSPS) is 12.3. The van der Waals surface area contributed by atoms with Gasteiger partial charge in [-0.1, -0.05) is 26.0 Å². The van der Waals surface area contributed by atoms with Gasteiger partial charge in [-0.25, -0.2) is 9.67 Å². The van der Waals surface area contributed by atoms with Gasteiger partial charge < -0.3 is 15.8 Å². The minimum Gasteiger partial charge on any atom is -0.491 e. The quantitative estimate of drug-likeness (QED) is 0.448. The second-order valence-electron chi connectivity index (χ2n) is 8.99. The highest BCUT2D eigenvalue weighted by Crippen LogP contribution is 2.33. The number of alkyl halides is 3. The molecule has 0 aliphatic carbocycles. The van der Waals surface area contributed by atoms with Gasteiger partial charge in [-0.05, 0) is 51.0 Å². The maximum Gasteiger partial charge on any atom is 0.433 e. The molecular formula is C23H28F3N5O. The number of rotatable bonds is 6. The lowest BCUT2D eigenvalue weighted by Gasteiger charge is -2.22. The van der Waals surface area contributed by atoms with Crippen LogP contribution in [0.3, 0.4) is 0 Å². The van der Waals surface area contributed by atoms with E-state index < -0.39 is 17.4 Å². The topological polar surface area (TPSA) is 78.0 Å². The summed E-state index contributed by atoms with van der Waals surface area (Å²) in [6.07, 6.45) is -4.52. The van der Waals surface area contributed by atoms with Gasteiger partial charge in [-0.15, -0.1) is 0 Å². The van der Waals surface area contributed by atoms with E-state index in [-0.39, 0.29) is 5.82 Å². The Labute approximate surface area is 185 Å². The molecule has 0 unspecified atom stereocenters. The fourth-order valence-electron chi connectivity index (χ4n) is 2.99. The van der Waals surface area contributed by atoms with E-state index in [1.807, 2.05) is 46.8 Å². The molecule has 0 aliphatic heterocycles. The number of anilines is 3. The van der Waals surface area contributed by atoms with Gasteiger partial charge in [-0.3, -0.25) is 0 Å². The Bertz CT molecular complexity index is 1080. The van der Waals surface area contributed by atoms with E-state index in [1.54, 1.807) is 16.8 Å². The van der Waals surface area contributed by atoms with Crippen LogP contribution in [0.2, 0.25) is 0 Å². The van der Waals surface area contributed by atoms with Gasteiger partial charge in [-0.2, -0.15) is 18.3 Å². The molecule has 172 valence electrons. The van der Waals surface area contributed by atoms with Crippen molar-refractivity contribution in [1.29, 1.82) is 0 Å². The molecule has 0 bridgehead atoms. The third-order valence-electron chi connectivity index (χ3n) is 4.52. The lowest BCUT2D eigenvalue weighted by molar-refractivity contribution is -0.141. The molecule has 0 fully saturated rings. The summed E-state index contributed by atoms with van der Waals surface area (Å²) >= 11 is 0. The van der Waals surface area contributed by atoms with E-state index in [1.165, 1.54) is 12.1 Å². The lowest BCUT2D eigenvalue weighted by Crippen LogP contribution is -2.24. The molecule has 0 amide bonds. The number of benzene rings is 1. The minimum absolute atomic E-state index is 0.0787. The van der Waals surface area contributed by atoms with Gasteiger partial charge in [0.2, 0.25) is 0 Å². The first-order chi connectivity index (χ1) is 14.8. The maximum atomic E-state index is 13.1. The molecule has 1 aromatic carbocycles. The maximum absolute atomic E-state index is 13.1. The van der Waals surface area contributed by atoms with Crippen molar-refractivity contribution in [2.45, 2.75) is 46.3 Å². The second-order valence-corrected chi connectivity index (χ2v) is 8.99. The molecule has 0 aliphatic rings. The summed E-state index contributed by atoms with van der Waals surface area (Å²) in [4.78, 5) is 3.70. The Hall–Kier alpha value is -3.23. The zero-order valence-corrected chi connectivity index (χ0v) is 18.8. The zero-order valence-electron chi connectivity index (χ0n) is 18.8. The lowest BCUT2D eigenvalue weighted by atomic mass is 10.1. The number of nitrogens with one attached hydrogen (secondary N) is 1. The van der Waals surface area contributed by atoms with Gasteiger partial charge in [0.15, 0.2) is 0 Å². The molecule has 0 atom stereocenters. The summed E-state index contributed by atoms with van der Waals surface area (Å²) < 4.78 is 46.7. The SMILES string of the molecule is CC(C)COc1cc(-c2cc(Nc3cccc(C(F)(F)F)n3)n(C(C)(C)C)n2)ccc1N. The van der Waals surface area contributed by atoms with Crippen molar-refractivity contribution in [3.05, 3.63) is 48.2 Å². The van der Waals surface area contributed by atoms with Gasteiger partial charge in [0.1, 0.15) is 23.1 Å². The van der Waals surface area contributed by atoms with Crippen molar-refractivity contribution in [3.63, 3.8) is 0 Å². The number of halogens is 3. The molecule has 32 heavy (non-hydrogen) atoms. The average molecular weight is 448 g/mol. The Kier molecular flexibility index (Phi) is 6.39. The summed E-state index contributed by atoms with van der Waals surface area (Å²) in [7, 11) is 0. The van der Waals surface area contributed by atoms with E-state index in [4.69, 9.17) is 15.6 Å². The molecule has 0 saturated carbocycles. The number of aromatic nitrogens is 3. The molecule has 0 saturated heterocycles. The van der Waals surface area contributed by atoms with Crippen LogP contribution < -0.4 is 15.8 Å². The number of hydrogen-bond donors (Lipinski definition) is 2. The van der Waals surface area contributed by atoms with Crippen LogP contribution in [-0.2, 0) is 11.7 Å². The van der Waals surface area contributed by atoms with Crippen LogP contribution in [0.4, 0.5) is 30.5 Å². The third-order valence-corrected chi connectivity index (χ3v) is 4.52. The smallest absolute Gasteiger partial charge is 0.433 e. The van der Waals surface area contributed by atoms with Crippen molar-refractivity contribution >= 4 is 17.3 Å². The standard InChI is InChI=1S/C23H28F3N5O/c1-14(2)13-32-18-11-15(9-10-16(18)27)17-12-21(31(30-17)22(3,4)5)29-20-8-6-7-19(28-20)23(24,25)26/h6-12,14H,13,27H2,1-5H3,(H,28,29). The molecule has 0 spiro atoms. The third kappa shape index (κ3) is 5.52. The van der Waals surface area contributed by atoms with Crippen molar-refractivity contribution in [3.8, 4) is 17.0 Å². The summed E-state index contributed by atoms with van der Waals surface area (Å²) in [5.74, 6) is 1.50. The van der Waals surface area contributed by atoms with Crippen LogP contribution in [0, 0.1) is 5.92 Å². The molecular weight excluding hydrogens is 419 g/mol. The fraction of sp³-hybridized carbons (Fsp3) is 0.391. The highest BCUT2D eigenvalue weighted by Gasteiger charge is 2.32. The number of nitrogen functional groups attached to an aromatic ring is 1. The van der Waals surface area contributed by atoms with Crippen molar-refractivity contribution in [2.24, 2.45) is 5.92 Å². The first kappa shape index (κ1) is 23.4. The van der Waals surface area contributed by atoms with Crippen LogP contribution in [0.5, 0.6) is 5.75 Å². The van der Waals surface area contributed by atoms with E-state index in [9.17, 15) is 13.2 Å². The highest BCUT2D eigenvalue weighted by atomic mass is 19.4. The van der Waals surface area contributed by atoms with Crippen LogP contribution in [0.15, 0.2) is 42.5 Å². The summed E-state index contributed by atoms with van der Waals surface area (Å²) in [5.41, 5.74) is 6.58. The number of nitrogens with zero attached hydrogens (tertiary/aromatic N) is 3. The minimum atomic E-state index is -4.52. The average Bonchev–Trinajstić information content (AvgIpc) is 3.11. The Balaban J connectivity index is 1.99. The molecule has 9 heteroatoms. The van der Waals surface area contributed by atoms with Gasteiger partial charge in [0.05, 0.1) is 23.5 Å². The molecule has 2 aromatic heterocycles. The predicted octanol–water partition coefficient (Wildman–Crippen LogP) is 6.08. The monoisotopic (exact) mass is 447 g/mol. The van der Waals surface area contributed by atoms with Crippen molar-refractivity contribution in [1.82, 2.24) is 14.8 Å². The highest BCUT2D eigenvalue weighted by molar-refractivity contribution is 5.70. The Morgan fingerprint density at radius 2 is 1.81 bits per heavy atom. The molecule has 3 aromatic rings. The fourth-order valence-corrected chi connectivity index (χ4v) is 2.99. The number of nitrogens with two attached hydrogens (primary N) is 1. The van der Waals surface area contributed by atoms with Crippen molar-refractivity contribution in [2.75, 3.05) is 17.7 Å². The molecule has 2 heterocycles. The summed E-state index contributed by atoms with van der Waals surface area (Å²) in [6.45, 7) is 10.5. The summed E-state index contributed by atoms with van der Waals surface area (Å²) in [6, 6.07) is 10.9. The molecule has 0 radical (unpaired) electrons. The molecule has 3 rings (SSSR count).